The Labute approximate surface area is 70.3 Å². The molecule has 0 aromatic rings. The molecule has 0 aromatic heterocycles. The highest BCUT2D eigenvalue weighted by Gasteiger charge is 2.16. The van der Waals surface area contributed by atoms with E-state index in [-0.39, 0.29) is 12.8 Å². The molecule has 0 amide bonds. The van der Waals surface area contributed by atoms with Gasteiger partial charge in [0, 0.05) is 12.8 Å². The van der Waals surface area contributed by atoms with E-state index in [9.17, 15) is 4.79 Å². The van der Waals surface area contributed by atoms with Crippen LogP contribution in [0.2, 0.25) is 0 Å². The Bertz CT molecular complexity index is 137. The molecule has 0 aromatic carbocycles. The van der Waals surface area contributed by atoms with E-state index < -0.39 is 11.9 Å². The molecule has 0 aliphatic carbocycles. The average molecular weight is 178 g/mol. The van der Waals surface area contributed by atoms with Gasteiger partial charge in [-0.05, 0) is 12.8 Å². The number of hydrogen-bond acceptors (Lipinski definition) is 4. The van der Waals surface area contributed by atoms with Crippen LogP contribution in [0, 0.1) is 0 Å². The van der Waals surface area contributed by atoms with E-state index >= 15 is 0 Å². The Morgan fingerprint density at radius 3 is 2.08 bits per heavy atom. The van der Waals surface area contributed by atoms with E-state index in [2.05, 4.69) is 0 Å². The molecule has 0 unspecified atom stereocenters. The van der Waals surface area contributed by atoms with Gasteiger partial charge in [0.2, 0.25) is 0 Å². The van der Waals surface area contributed by atoms with Crippen molar-refractivity contribution in [3.05, 3.63) is 0 Å². The molecule has 0 rings (SSSR count). The molecule has 12 heavy (non-hydrogen) atoms. The highest BCUT2D eigenvalue weighted by molar-refractivity contribution is 5.66. The van der Waals surface area contributed by atoms with Crippen molar-refractivity contribution in [1.29, 1.82) is 0 Å². The van der Waals surface area contributed by atoms with Crippen molar-refractivity contribution in [3.63, 3.8) is 0 Å². The second-order valence-corrected chi connectivity index (χ2v) is 2.73. The Balaban J connectivity index is 3.17. The number of carboxylic acids is 1. The van der Waals surface area contributed by atoms with E-state index in [1.807, 2.05) is 0 Å². The summed E-state index contributed by atoms with van der Waals surface area (Å²) in [6.07, 6.45) is 1.39. The lowest BCUT2D eigenvalue weighted by atomic mass is 10.1. The predicted octanol–water partition coefficient (Wildman–Crippen LogP) is -0.348. The Kier molecular flexibility index (Phi) is 4.80. The Morgan fingerprint density at radius 2 is 1.67 bits per heavy atom. The third-order valence-corrected chi connectivity index (χ3v) is 1.40. The van der Waals surface area contributed by atoms with Gasteiger partial charge in [-0.25, -0.2) is 0 Å². The summed E-state index contributed by atoms with van der Waals surface area (Å²) in [5, 5.41) is 33.5. The second kappa shape index (κ2) is 5.08. The molecular weight excluding hydrogens is 164 g/mol. The van der Waals surface area contributed by atoms with Crippen LogP contribution in [0.3, 0.4) is 0 Å². The summed E-state index contributed by atoms with van der Waals surface area (Å²) < 4.78 is 0. The van der Waals surface area contributed by atoms with Gasteiger partial charge in [-0.3, -0.25) is 4.79 Å². The van der Waals surface area contributed by atoms with Crippen LogP contribution in [0.1, 0.15) is 32.1 Å². The van der Waals surface area contributed by atoms with Crippen molar-refractivity contribution in [3.8, 4) is 0 Å². The van der Waals surface area contributed by atoms with Crippen LogP contribution >= 0.6 is 0 Å². The molecule has 0 aliphatic heterocycles. The van der Waals surface area contributed by atoms with E-state index in [0.29, 0.717) is 19.3 Å². The van der Waals surface area contributed by atoms with Crippen molar-refractivity contribution in [2.24, 2.45) is 0 Å². The lowest BCUT2D eigenvalue weighted by molar-refractivity contribution is -0.315. The lowest BCUT2D eigenvalue weighted by Crippen LogP contribution is -2.26. The Hall–Kier alpha value is -0.650. The first-order chi connectivity index (χ1) is 5.42. The maximum atomic E-state index is 10.0. The first-order valence-electron chi connectivity index (χ1n) is 3.81. The minimum atomic E-state index is -2.61. The molecule has 0 saturated carbocycles. The molecule has 0 heterocycles. The normalized spacial score (nSPS) is 11.6. The zero-order chi connectivity index (χ0) is 9.61. The summed E-state index contributed by atoms with van der Waals surface area (Å²) in [6.45, 7) is 0. The molecule has 0 radical (unpaired) electrons. The van der Waals surface area contributed by atoms with Gasteiger partial charge in [0.05, 0.1) is 0 Å². The fourth-order valence-corrected chi connectivity index (χ4v) is 0.815. The maximum Gasteiger partial charge on any atom is 0.303 e. The minimum Gasteiger partial charge on any atom is -0.481 e. The summed E-state index contributed by atoms with van der Waals surface area (Å²) in [5.74, 6) is -3.47. The van der Waals surface area contributed by atoms with Crippen molar-refractivity contribution in [2.75, 3.05) is 0 Å². The molecule has 5 nitrogen and oxygen atoms in total. The fourth-order valence-electron chi connectivity index (χ4n) is 0.815. The van der Waals surface area contributed by atoms with Gasteiger partial charge in [0.25, 0.3) is 5.97 Å². The highest BCUT2D eigenvalue weighted by atomic mass is 16.7. The highest BCUT2D eigenvalue weighted by Crippen LogP contribution is 2.09. The summed E-state index contributed by atoms with van der Waals surface area (Å²) in [5.41, 5.74) is 0. The van der Waals surface area contributed by atoms with E-state index in [4.69, 9.17) is 20.4 Å². The van der Waals surface area contributed by atoms with Gasteiger partial charge in [-0.2, -0.15) is 0 Å². The Morgan fingerprint density at radius 1 is 1.08 bits per heavy atom. The van der Waals surface area contributed by atoms with Crippen LogP contribution in [0.25, 0.3) is 0 Å². The zero-order valence-electron chi connectivity index (χ0n) is 6.73. The molecule has 0 aliphatic rings. The van der Waals surface area contributed by atoms with E-state index in [1.165, 1.54) is 0 Å². The predicted molar refractivity (Wildman–Crippen MR) is 40.1 cm³/mol. The molecule has 4 N–H and O–H groups in total. The van der Waals surface area contributed by atoms with Crippen molar-refractivity contribution < 1.29 is 25.2 Å². The third kappa shape index (κ3) is 9.35. The molecule has 0 spiro atoms. The largest absolute Gasteiger partial charge is 0.481 e. The summed E-state index contributed by atoms with van der Waals surface area (Å²) >= 11 is 0. The third-order valence-electron chi connectivity index (χ3n) is 1.40. The summed E-state index contributed by atoms with van der Waals surface area (Å²) in [6, 6.07) is 0. The molecule has 72 valence electrons. The number of rotatable bonds is 6. The van der Waals surface area contributed by atoms with Crippen LogP contribution in [0.4, 0.5) is 0 Å². The summed E-state index contributed by atoms with van der Waals surface area (Å²) in [7, 11) is 0. The number of unbranched alkanes of at least 4 members (excludes halogenated alkanes) is 2. The maximum absolute atomic E-state index is 10.0. The van der Waals surface area contributed by atoms with Gasteiger partial charge in [-0.15, -0.1) is 0 Å². The van der Waals surface area contributed by atoms with Crippen LogP contribution in [0.15, 0.2) is 0 Å². The standard InChI is InChI=1S/C7H14O5/c8-6(9)4-2-1-3-5-7(10,11)12/h10-12H,1-5H2,(H,8,9). The number of hydrogen-bond donors (Lipinski definition) is 4. The van der Waals surface area contributed by atoms with E-state index in [0.717, 1.165) is 0 Å². The number of aliphatic carboxylic acids is 1. The van der Waals surface area contributed by atoms with Crippen molar-refractivity contribution in [2.45, 2.75) is 38.1 Å². The second-order valence-electron chi connectivity index (χ2n) is 2.73. The smallest absolute Gasteiger partial charge is 0.303 e. The number of carbonyl (C=O) groups is 1. The molecular formula is C7H14O5. The molecule has 0 saturated heterocycles. The molecule has 0 fully saturated rings. The van der Waals surface area contributed by atoms with Crippen LogP contribution in [0.5, 0.6) is 0 Å². The van der Waals surface area contributed by atoms with Crippen LogP contribution < -0.4 is 0 Å². The van der Waals surface area contributed by atoms with Gasteiger partial charge in [0.1, 0.15) is 0 Å². The zero-order valence-corrected chi connectivity index (χ0v) is 6.73. The quantitative estimate of drug-likeness (QED) is 0.329. The van der Waals surface area contributed by atoms with E-state index in [1.54, 1.807) is 0 Å². The van der Waals surface area contributed by atoms with Crippen molar-refractivity contribution in [1.82, 2.24) is 0 Å². The van der Waals surface area contributed by atoms with Gasteiger partial charge >= 0.3 is 5.97 Å². The fraction of sp³-hybridized carbons (Fsp3) is 0.857. The monoisotopic (exact) mass is 178 g/mol. The first kappa shape index (κ1) is 11.4. The average Bonchev–Trinajstić information content (AvgIpc) is 1.83. The van der Waals surface area contributed by atoms with Gasteiger partial charge < -0.3 is 20.4 Å². The molecule has 0 atom stereocenters. The SMILES string of the molecule is O=C(O)CCCCCC(O)(O)O. The molecule has 0 bridgehead atoms. The topological polar surface area (TPSA) is 98.0 Å². The summed E-state index contributed by atoms with van der Waals surface area (Å²) in [4.78, 5) is 10.0. The first-order valence-corrected chi connectivity index (χ1v) is 3.81. The van der Waals surface area contributed by atoms with Gasteiger partial charge in [-0.1, -0.05) is 6.42 Å². The number of carboxylic acid groups (broad SMARTS) is 1. The lowest BCUT2D eigenvalue weighted by Gasteiger charge is -2.12. The van der Waals surface area contributed by atoms with Crippen LogP contribution in [-0.4, -0.2) is 32.4 Å². The number of aliphatic hydroxyl groups is 3. The van der Waals surface area contributed by atoms with Crippen LogP contribution in [-0.2, 0) is 4.79 Å². The van der Waals surface area contributed by atoms with Gasteiger partial charge in [0.15, 0.2) is 0 Å². The minimum absolute atomic E-state index is 0.0787. The van der Waals surface area contributed by atoms with Crippen molar-refractivity contribution >= 4 is 5.97 Å². The molecule has 5 heteroatoms.